The Hall–Kier alpha value is -0.770. The standard InChI is InChI=1S/C10H20N4/c1-2-9-4-3-7-14(9)10(13-11)12-8-5-6-8/h8-9H,2-7,11H2,1H3,(H,12,13). The molecule has 80 valence electrons. The Morgan fingerprint density at radius 2 is 2.29 bits per heavy atom. The summed E-state index contributed by atoms with van der Waals surface area (Å²) in [5.74, 6) is 6.44. The van der Waals surface area contributed by atoms with Crippen molar-refractivity contribution in [3.63, 3.8) is 0 Å². The molecule has 0 amide bonds. The van der Waals surface area contributed by atoms with Crippen molar-refractivity contribution in [2.24, 2.45) is 10.8 Å². The maximum atomic E-state index is 5.52. The predicted molar refractivity (Wildman–Crippen MR) is 57.8 cm³/mol. The summed E-state index contributed by atoms with van der Waals surface area (Å²) in [4.78, 5) is 6.92. The molecule has 4 nitrogen and oxygen atoms in total. The van der Waals surface area contributed by atoms with Crippen LogP contribution in [-0.4, -0.2) is 29.5 Å². The molecule has 0 aromatic carbocycles. The third-order valence-electron chi connectivity index (χ3n) is 3.10. The highest BCUT2D eigenvalue weighted by Gasteiger charge is 2.28. The molecule has 0 aromatic heterocycles. The van der Waals surface area contributed by atoms with Gasteiger partial charge in [-0.05, 0) is 32.1 Å². The van der Waals surface area contributed by atoms with Gasteiger partial charge < -0.3 is 4.90 Å². The van der Waals surface area contributed by atoms with Gasteiger partial charge in [0.1, 0.15) is 0 Å². The molecule has 1 saturated carbocycles. The molecule has 3 N–H and O–H groups in total. The Bertz CT molecular complexity index is 222. The topological polar surface area (TPSA) is 53.6 Å². The Labute approximate surface area is 85.5 Å². The molecular weight excluding hydrogens is 176 g/mol. The van der Waals surface area contributed by atoms with E-state index in [1.54, 1.807) is 0 Å². The Morgan fingerprint density at radius 1 is 1.50 bits per heavy atom. The fourth-order valence-electron chi connectivity index (χ4n) is 2.11. The van der Waals surface area contributed by atoms with E-state index in [1.165, 1.54) is 32.1 Å². The molecule has 1 aliphatic heterocycles. The largest absolute Gasteiger partial charge is 0.339 e. The first kappa shape index (κ1) is 9.77. The number of rotatable bonds is 2. The van der Waals surface area contributed by atoms with Crippen molar-refractivity contribution in [2.45, 2.75) is 51.1 Å². The summed E-state index contributed by atoms with van der Waals surface area (Å²) in [6.07, 6.45) is 6.20. The Morgan fingerprint density at radius 3 is 2.86 bits per heavy atom. The van der Waals surface area contributed by atoms with Gasteiger partial charge in [0.15, 0.2) is 0 Å². The lowest BCUT2D eigenvalue weighted by Gasteiger charge is -2.26. The van der Waals surface area contributed by atoms with Crippen LogP contribution in [0.15, 0.2) is 4.99 Å². The number of nitrogens with zero attached hydrogens (tertiary/aromatic N) is 2. The number of nitrogens with two attached hydrogens (primary N) is 1. The molecule has 1 heterocycles. The molecule has 2 fully saturated rings. The van der Waals surface area contributed by atoms with Crippen LogP contribution < -0.4 is 11.3 Å². The second-order valence-corrected chi connectivity index (χ2v) is 4.23. The molecule has 1 aliphatic carbocycles. The SMILES string of the molecule is CCC1CCCN1C(=NC1CC1)NN. The summed E-state index contributed by atoms with van der Waals surface area (Å²) < 4.78 is 0. The highest BCUT2D eigenvalue weighted by atomic mass is 15.4. The molecule has 14 heavy (non-hydrogen) atoms. The zero-order valence-corrected chi connectivity index (χ0v) is 8.87. The summed E-state index contributed by atoms with van der Waals surface area (Å²) in [6, 6.07) is 1.18. The van der Waals surface area contributed by atoms with Gasteiger partial charge in [-0.25, -0.2) is 10.8 Å². The minimum absolute atomic E-state index is 0.541. The van der Waals surface area contributed by atoms with Crippen LogP contribution >= 0.6 is 0 Å². The lowest BCUT2D eigenvalue weighted by Crippen LogP contribution is -2.47. The number of hydrogen-bond acceptors (Lipinski definition) is 2. The fourth-order valence-corrected chi connectivity index (χ4v) is 2.11. The fraction of sp³-hybridized carbons (Fsp3) is 0.900. The van der Waals surface area contributed by atoms with Crippen LogP contribution in [0.5, 0.6) is 0 Å². The summed E-state index contributed by atoms with van der Waals surface area (Å²) in [5.41, 5.74) is 2.76. The third kappa shape index (κ3) is 2.00. The maximum absolute atomic E-state index is 5.52. The number of nitrogens with one attached hydrogen (secondary N) is 1. The first-order chi connectivity index (χ1) is 6.85. The van der Waals surface area contributed by atoms with Crippen LogP contribution in [0.2, 0.25) is 0 Å². The van der Waals surface area contributed by atoms with Crippen LogP contribution in [0, 0.1) is 0 Å². The molecule has 0 radical (unpaired) electrons. The van der Waals surface area contributed by atoms with Gasteiger partial charge in [0.25, 0.3) is 0 Å². The lowest BCUT2D eigenvalue weighted by atomic mass is 10.2. The van der Waals surface area contributed by atoms with Crippen molar-refractivity contribution < 1.29 is 0 Å². The van der Waals surface area contributed by atoms with Gasteiger partial charge in [0, 0.05) is 12.6 Å². The maximum Gasteiger partial charge on any atom is 0.208 e. The zero-order chi connectivity index (χ0) is 9.97. The quantitative estimate of drug-likeness (QED) is 0.298. The number of hydrazine groups is 1. The second-order valence-electron chi connectivity index (χ2n) is 4.23. The van der Waals surface area contributed by atoms with Crippen molar-refractivity contribution in [1.82, 2.24) is 10.3 Å². The highest BCUT2D eigenvalue weighted by molar-refractivity contribution is 5.80. The summed E-state index contributed by atoms with van der Waals surface area (Å²) >= 11 is 0. The minimum Gasteiger partial charge on any atom is -0.339 e. The van der Waals surface area contributed by atoms with E-state index in [0.29, 0.717) is 12.1 Å². The normalized spacial score (nSPS) is 28.3. The molecular formula is C10H20N4. The molecule has 2 aliphatic rings. The first-order valence-corrected chi connectivity index (χ1v) is 5.66. The Balaban J connectivity index is 2.02. The van der Waals surface area contributed by atoms with Gasteiger partial charge in [-0.3, -0.25) is 5.43 Å². The predicted octanol–water partition coefficient (Wildman–Crippen LogP) is 0.843. The van der Waals surface area contributed by atoms with Crippen LogP contribution in [0.1, 0.15) is 39.0 Å². The van der Waals surface area contributed by atoms with Gasteiger partial charge in [0.05, 0.1) is 6.04 Å². The smallest absolute Gasteiger partial charge is 0.208 e. The molecule has 0 aromatic rings. The van der Waals surface area contributed by atoms with E-state index in [1.807, 2.05) is 0 Å². The average Bonchev–Trinajstić information content (AvgIpc) is 2.90. The van der Waals surface area contributed by atoms with Crippen molar-refractivity contribution in [2.75, 3.05) is 6.54 Å². The zero-order valence-electron chi connectivity index (χ0n) is 8.87. The first-order valence-electron chi connectivity index (χ1n) is 5.66. The molecule has 0 spiro atoms. The second kappa shape index (κ2) is 4.17. The van der Waals surface area contributed by atoms with E-state index in [-0.39, 0.29) is 0 Å². The van der Waals surface area contributed by atoms with E-state index >= 15 is 0 Å². The van der Waals surface area contributed by atoms with Crippen molar-refractivity contribution in [3.8, 4) is 0 Å². The number of guanidine groups is 1. The van der Waals surface area contributed by atoms with Gasteiger partial charge >= 0.3 is 0 Å². The highest BCUT2D eigenvalue weighted by Crippen LogP contribution is 2.25. The molecule has 1 atom stereocenters. The lowest BCUT2D eigenvalue weighted by molar-refractivity contribution is 0.366. The van der Waals surface area contributed by atoms with Crippen LogP contribution in [0.3, 0.4) is 0 Å². The van der Waals surface area contributed by atoms with Crippen molar-refractivity contribution in [3.05, 3.63) is 0 Å². The summed E-state index contributed by atoms with van der Waals surface area (Å²) in [6.45, 7) is 3.34. The molecule has 0 bridgehead atoms. The molecule has 4 heteroatoms. The van der Waals surface area contributed by atoms with Crippen LogP contribution in [0.25, 0.3) is 0 Å². The van der Waals surface area contributed by atoms with E-state index in [9.17, 15) is 0 Å². The summed E-state index contributed by atoms with van der Waals surface area (Å²) in [7, 11) is 0. The minimum atomic E-state index is 0.541. The van der Waals surface area contributed by atoms with E-state index in [4.69, 9.17) is 5.84 Å². The van der Waals surface area contributed by atoms with E-state index in [0.717, 1.165) is 12.5 Å². The molecule has 2 rings (SSSR count). The van der Waals surface area contributed by atoms with E-state index < -0.39 is 0 Å². The molecule has 1 saturated heterocycles. The monoisotopic (exact) mass is 196 g/mol. The van der Waals surface area contributed by atoms with Crippen LogP contribution in [-0.2, 0) is 0 Å². The Kier molecular flexibility index (Phi) is 2.91. The number of likely N-dealkylation sites (tertiary alicyclic amines) is 1. The van der Waals surface area contributed by atoms with Gasteiger partial charge in [-0.15, -0.1) is 0 Å². The summed E-state index contributed by atoms with van der Waals surface area (Å²) in [5, 5.41) is 0. The van der Waals surface area contributed by atoms with Crippen LogP contribution in [0.4, 0.5) is 0 Å². The molecule has 1 unspecified atom stereocenters. The van der Waals surface area contributed by atoms with E-state index in [2.05, 4.69) is 22.2 Å². The van der Waals surface area contributed by atoms with Gasteiger partial charge in [-0.1, -0.05) is 6.92 Å². The number of hydrogen-bond donors (Lipinski definition) is 2. The average molecular weight is 196 g/mol. The van der Waals surface area contributed by atoms with Crippen molar-refractivity contribution in [1.29, 1.82) is 0 Å². The van der Waals surface area contributed by atoms with Gasteiger partial charge in [0.2, 0.25) is 5.96 Å². The third-order valence-corrected chi connectivity index (χ3v) is 3.10. The number of aliphatic imine (C=N–C) groups is 1. The van der Waals surface area contributed by atoms with Crippen molar-refractivity contribution >= 4 is 5.96 Å². The van der Waals surface area contributed by atoms with Gasteiger partial charge in [-0.2, -0.15) is 0 Å².